The van der Waals surface area contributed by atoms with Gasteiger partial charge in [-0.25, -0.2) is 9.59 Å². The molecule has 0 aliphatic carbocycles. The molecule has 0 radical (unpaired) electrons. The molecule has 0 saturated carbocycles. The van der Waals surface area contributed by atoms with Crippen molar-refractivity contribution in [2.45, 2.75) is 19.5 Å². The van der Waals surface area contributed by atoms with Gasteiger partial charge in [-0.1, -0.05) is 0 Å². The fourth-order valence-electron chi connectivity index (χ4n) is 1.11. The molecular weight excluding hydrogens is 228 g/mol. The highest BCUT2D eigenvalue weighted by atomic mass is 16.4. The van der Waals surface area contributed by atoms with Gasteiger partial charge in [0.05, 0.1) is 18.5 Å². The number of carboxylic acids is 1. The van der Waals surface area contributed by atoms with Gasteiger partial charge < -0.3 is 20.8 Å². The summed E-state index contributed by atoms with van der Waals surface area (Å²) in [5.74, 6) is -1.30. The fourth-order valence-corrected chi connectivity index (χ4v) is 1.11. The Balaban J connectivity index is 2.51. The molecule has 17 heavy (non-hydrogen) atoms. The van der Waals surface area contributed by atoms with E-state index >= 15 is 0 Å². The van der Waals surface area contributed by atoms with Crippen LogP contribution in [0.2, 0.25) is 0 Å². The van der Waals surface area contributed by atoms with Crippen LogP contribution in [0.3, 0.4) is 0 Å². The molecule has 0 aliphatic rings. The average molecular weight is 242 g/mol. The van der Waals surface area contributed by atoms with Gasteiger partial charge in [0.2, 0.25) is 0 Å². The lowest BCUT2D eigenvalue weighted by Crippen LogP contribution is -2.45. The van der Waals surface area contributed by atoms with Gasteiger partial charge in [0, 0.05) is 12.7 Å². The smallest absolute Gasteiger partial charge is 0.328 e. The van der Waals surface area contributed by atoms with E-state index in [1.807, 2.05) is 6.92 Å². The van der Waals surface area contributed by atoms with Crippen LogP contribution >= 0.6 is 0 Å². The molecule has 0 unspecified atom stereocenters. The molecular formula is C9H14N4O4. The Morgan fingerprint density at radius 1 is 1.59 bits per heavy atom. The topological polar surface area (TPSA) is 116 Å². The largest absolute Gasteiger partial charge is 0.480 e. The first kappa shape index (κ1) is 13.0. The van der Waals surface area contributed by atoms with Crippen LogP contribution in [0.4, 0.5) is 10.5 Å². The first-order chi connectivity index (χ1) is 8.06. The van der Waals surface area contributed by atoms with Gasteiger partial charge in [0.15, 0.2) is 6.04 Å². The normalized spacial score (nSPS) is 11.9. The highest BCUT2D eigenvalue weighted by molar-refractivity contribution is 5.92. The Morgan fingerprint density at radius 2 is 2.29 bits per heavy atom. The Bertz CT molecular complexity index is 403. The minimum absolute atomic E-state index is 0.450. The summed E-state index contributed by atoms with van der Waals surface area (Å²) < 4.78 is 1.61. The number of hydrogen-bond donors (Lipinski definition) is 4. The fraction of sp³-hybridized carbons (Fsp3) is 0.444. The lowest BCUT2D eigenvalue weighted by molar-refractivity contribution is -0.140. The number of rotatable bonds is 5. The van der Waals surface area contributed by atoms with Gasteiger partial charge in [0.25, 0.3) is 0 Å². The lowest BCUT2D eigenvalue weighted by Gasteiger charge is -2.11. The van der Waals surface area contributed by atoms with Crippen molar-refractivity contribution in [3.8, 4) is 0 Å². The highest BCUT2D eigenvalue weighted by Crippen LogP contribution is 2.04. The minimum Gasteiger partial charge on any atom is -0.480 e. The zero-order valence-corrected chi connectivity index (χ0v) is 9.25. The summed E-state index contributed by atoms with van der Waals surface area (Å²) in [5, 5.41) is 25.8. The molecule has 2 amide bonds. The van der Waals surface area contributed by atoms with Crippen LogP contribution in [0.1, 0.15) is 6.92 Å². The number of carboxylic acid groups (broad SMARTS) is 1. The molecule has 8 nitrogen and oxygen atoms in total. The monoisotopic (exact) mass is 242 g/mol. The maximum Gasteiger partial charge on any atom is 0.328 e. The first-order valence-corrected chi connectivity index (χ1v) is 5.00. The number of aryl methyl sites for hydroxylation is 1. The second kappa shape index (κ2) is 5.85. The van der Waals surface area contributed by atoms with Crippen molar-refractivity contribution in [1.82, 2.24) is 15.1 Å². The number of aliphatic hydroxyl groups excluding tert-OH is 1. The van der Waals surface area contributed by atoms with Crippen molar-refractivity contribution >= 4 is 17.7 Å². The quantitative estimate of drug-likeness (QED) is 0.554. The predicted molar refractivity (Wildman–Crippen MR) is 58.6 cm³/mol. The Kier molecular flexibility index (Phi) is 4.46. The summed E-state index contributed by atoms with van der Waals surface area (Å²) in [4.78, 5) is 21.9. The Hall–Kier alpha value is -2.09. The molecule has 1 aromatic rings. The van der Waals surface area contributed by atoms with Gasteiger partial charge in [-0.3, -0.25) is 4.68 Å². The van der Waals surface area contributed by atoms with Crippen LogP contribution in [-0.2, 0) is 11.3 Å². The Morgan fingerprint density at radius 3 is 2.76 bits per heavy atom. The summed E-state index contributed by atoms with van der Waals surface area (Å²) in [5.41, 5.74) is 0.450. The zero-order chi connectivity index (χ0) is 12.8. The number of amides is 2. The molecule has 0 fully saturated rings. The molecule has 0 aliphatic heterocycles. The molecule has 0 aromatic carbocycles. The van der Waals surface area contributed by atoms with Crippen molar-refractivity contribution in [2.75, 3.05) is 11.9 Å². The maximum atomic E-state index is 11.4. The second-order valence-corrected chi connectivity index (χ2v) is 3.26. The molecule has 8 heteroatoms. The van der Waals surface area contributed by atoms with Crippen molar-refractivity contribution in [3.05, 3.63) is 12.4 Å². The Labute approximate surface area is 97.2 Å². The first-order valence-electron chi connectivity index (χ1n) is 5.00. The van der Waals surface area contributed by atoms with Crippen LogP contribution in [0, 0.1) is 0 Å². The van der Waals surface area contributed by atoms with Crippen molar-refractivity contribution in [2.24, 2.45) is 0 Å². The summed E-state index contributed by atoms with van der Waals surface area (Å²) in [6.07, 6.45) is 3.05. The van der Waals surface area contributed by atoms with E-state index in [0.717, 1.165) is 0 Å². The number of carbonyl (C=O) groups excluding carboxylic acids is 1. The van der Waals surface area contributed by atoms with E-state index in [2.05, 4.69) is 15.7 Å². The van der Waals surface area contributed by atoms with Gasteiger partial charge in [-0.2, -0.15) is 5.10 Å². The van der Waals surface area contributed by atoms with Gasteiger partial charge in [0.1, 0.15) is 0 Å². The average Bonchev–Trinajstić information content (AvgIpc) is 2.73. The van der Waals surface area contributed by atoms with Gasteiger partial charge in [-0.05, 0) is 6.92 Å². The molecule has 0 bridgehead atoms. The highest BCUT2D eigenvalue weighted by Gasteiger charge is 2.18. The number of urea groups is 1. The minimum atomic E-state index is -1.32. The third kappa shape index (κ3) is 3.76. The maximum absolute atomic E-state index is 11.4. The number of aromatic nitrogens is 2. The summed E-state index contributed by atoms with van der Waals surface area (Å²) in [6.45, 7) is 1.89. The molecule has 0 spiro atoms. The van der Waals surface area contributed by atoms with Crippen LogP contribution in [-0.4, -0.2) is 44.6 Å². The van der Waals surface area contributed by atoms with E-state index in [1.165, 1.54) is 6.20 Å². The van der Waals surface area contributed by atoms with E-state index < -0.39 is 24.6 Å². The molecule has 1 aromatic heterocycles. The van der Waals surface area contributed by atoms with E-state index in [0.29, 0.717) is 12.2 Å². The van der Waals surface area contributed by atoms with Crippen molar-refractivity contribution in [1.29, 1.82) is 0 Å². The zero-order valence-electron chi connectivity index (χ0n) is 9.25. The number of aliphatic carboxylic acids is 1. The van der Waals surface area contributed by atoms with E-state index in [4.69, 9.17) is 10.2 Å². The predicted octanol–water partition coefficient (Wildman–Crippen LogP) is -0.530. The molecule has 1 atom stereocenters. The number of hydrogen-bond acceptors (Lipinski definition) is 4. The van der Waals surface area contributed by atoms with Gasteiger partial charge in [-0.15, -0.1) is 0 Å². The molecule has 0 saturated heterocycles. The van der Waals surface area contributed by atoms with Crippen LogP contribution in [0.5, 0.6) is 0 Å². The standard InChI is InChI=1S/C9H14N4O4/c1-2-13-4-6(3-10-13)11-9(17)12-7(5-14)8(15)16/h3-4,7,14H,2,5H2,1H3,(H,15,16)(H2,11,12,17)/t7-/m0/s1. The van der Waals surface area contributed by atoms with Gasteiger partial charge >= 0.3 is 12.0 Å². The second-order valence-electron chi connectivity index (χ2n) is 3.26. The SMILES string of the molecule is CCn1cc(NC(=O)N[C@@H](CO)C(=O)O)cn1. The van der Waals surface area contributed by atoms with Crippen molar-refractivity contribution in [3.63, 3.8) is 0 Å². The van der Waals surface area contributed by atoms with E-state index in [1.54, 1.807) is 10.9 Å². The number of aliphatic hydroxyl groups is 1. The summed E-state index contributed by atoms with van der Waals surface area (Å²) in [7, 11) is 0. The lowest BCUT2D eigenvalue weighted by atomic mass is 10.3. The third-order valence-electron chi connectivity index (χ3n) is 2.00. The third-order valence-corrected chi connectivity index (χ3v) is 2.00. The number of carbonyl (C=O) groups is 2. The number of nitrogens with zero attached hydrogens (tertiary/aromatic N) is 2. The van der Waals surface area contributed by atoms with Crippen molar-refractivity contribution < 1.29 is 19.8 Å². The van der Waals surface area contributed by atoms with Crippen LogP contribution in [0.15, 0.2) is 12.4 Å². The molecule has 1 heterocycles. The van der Waals surface area contributed by atoms with Crippen LogP contribution < -0.4 is 10.6 Å². The molecule has 1 rings (SSSR count). The number of anilines is 1. The molecule has 4 N–H and O–H groups in total. The number of nitrogens with one attached hydrogen (secondary N) is 2. The van der Waals surface area contributed by atoms with Crippen LogP contribution in [0.25, 0.3) is 0 Å². The molecule has 94 valence electrons. The summed E-state index contributed by atoms with van der Waals surface area (Å²) in [6, 6.07) is -2.03. The van der Waals surface area contributed by atoms with E-state index in [9.17, 15) is 9.59 Å². The summed E-state index contributed by atoms with van der Waals surface area (Å²) >= 11 is 0. The van der Waals surface area contributed by atoms with E-state index in [-0.39, 0.29) is 0 Å².